The lowest BCUT2D eigenvalue weighted by molar-refractivity contribution is -0.123. The van der Waals surface area contributed by atoms with Crippen molar-refractivity contribution in [2.75, 3.05) is 20.6 Å². The molecule has 0 aromatic carbocycles. The van der Waals surface area contributed by atoms with Gasteiger partial charge in [-0.25, -0.2) is 0 Å². The van der Waals surface area contributed by atoms with Crippen LogP contribution in [0.1, 0.15) is 51.9 Å². The molecule has 1 saturated carbocycles. The first-order chi connectivity index (χ1) is 8.49. The smallest absolute Gasteiger partial charge is 0.237 e. The highest BCUT2D eigenvalue weighted by molar-refractivity contribution is 5.84. The molecule has 4 heteroatoms. The van der Waals surface area contributed by atoms with Gasteiger partial charge in [0, 0.05) is 6.04 Å². The van der Waals surface area contributed by atoms with Crippen LogP contribution >= 0.6 is 0 Å². The van der Waals surface area contributed by atoms with E-state index in [-0.39, 0.29) is 5.91 Å². The van der Waals surface area contributed by atoms with Crippen LogP contribution in [0.4, 0.5) is 0 Å². The number of nitrogens with one attached hydrogen (secondary N) is 1. The van der Waals surface area contributed by atoms with Crippen LogP contribution in [0.5, 0.6) is 0 Å². The molecule has 0 aliphatic heterocycles. The Labute approximate surface area is 111 Å². The van der Waals surface area contributed by atoms with Crippen molar-refractivity contribution >= 4 is 5.91 Å². The summed E-state index contributed by atoms with van der Waals surface area (Å²) in [5, 5.41) is 3.04. The standard InChI is InChI=1S/C14H29N3O/c1-14(16-2,13(15)18)10-7-11-17(3)12-8-5-4-6-9-12/h12,16H,4-11H2,1-3H3,(H2,15,18). The highest BCUT2D eigenvalue weighted by Crippen LogP contribution is 2.22. The minimum atomic E-state index is -0.562. The molecule has 18 heavy (non-hydrogen) atoms. The Morgan fingerprint density at radius 3 is 2.50 bits per heavy atom. The third kappa shape index (κ3) is 4.25. The number of hydrogen-bond acceptors (Lipinski definition) is 3. The van der Waals surface area contributed by atoms with Crippen molar-refractivity contribution in [2.24, 2.45) is 5.73 Å². The van der Waals surface area contributed by atoms with Gasteiger partial charge in [0.1, 0.15) is 0 Å². The second-order valence-electron chi connectivity index (χ2n) is 5.82. The maximum Gasteiger partial charge on any atom is 0.237 e. The molecule has 1 aliphatic carbocycles. The second kappa shape index (κ2) is 7.10. The first kappa shape index (κ1) is 15.4. The molecule has 0 radical (unpaired) electrons. The van der Waals surface area contributed by atoms with Gasteiger partial charge >= 0.3 is 0 Å². The van der Waals surface area contributed by atoms with Crippen LogP contribution in [-0.4, -0.2) is 43.0 Å². The summed E-state index contributed by atoms with van der Waals surface area (Å²) in [6.07, 6.45) is 8.59. The van der Waals surface area contributed by atoms with Crippen LogP contribution in [0.2, 0.25) is 0 Å². The molecule has 1 amide bonds. The van der Waals surface area contributed by atoms with Crippen LogP contribution < -0.4 is 11.1 Å². The molecule has 0 spiro atoms. The molecule has 1 unspecified atom stereocenters. The Balaban J connectivity index is 2.29. The van der Waals surface area contributed by atoms with Gasteiger partial charge < -0.3 is 16.0 Å². The number of hydrogen-bond donors (Lipinski definition) is 2. The average molecular weight is 255 g/mol. The lowest BCUT2D eigenvalue weighted by Crippen LogP contribution is -2.51. The summed E-state index contributed by atoms with van der Waals surface area (Å²) < 4.78 is 0. The van der Waals surface area contributed by atoms with Crippen molar-refractivity contribution in [1.82, 2.24) is 10.2 Å². The molecule has 0 aromatic heterocycles. The quantitative estimate of drug-likeness (QED) is 0.725. The van der Waals surface area contributed by atoms with Gasteiger partial charge in [-0.2, -0.15) is 0 Å². The van der Waals surface area contributed by atoms with Gasteiger partial charge in [-0.05, 0) is 53.2 Å². The van der Waals surface area contributed by atoms with Crippen molar-refractivity contribution in [3.8, 4) is 0 Å². The number of carbonyl (C=O) groups is 1. The molecule has 1 fully saturated rings. The average Bonchev–Trinajstić information content (AvgIpc) is 2.39. The number of nitrogens with two attached hydrogens (primary N) is 1. The van der Waals surface area contributed by atoms with E-state index in [0.29, 0.717) is 0 Å². The zero-order valence-electron chi connectivity index (χ0n) is 12.2. The van der Waals surface area contributed by atoms with Crippen LogP contribution in [0.15, 0.2) is 0 Å². The van der Waals surface area contributed by atoms with Crippen LogP contribution in [-0.2, 0) is 4.79 Å². The molecule has 4 nitrogen and oxygen atoms in total. The van der Waals surface area contributed by atoms with Gasteiger partial charge in [0.25, 0.3) is 0 Å². The predicted octanol–water partition coefficient (Wildman–Crippen LogP) is 1.49. The Kier molecular flexibility index (Phi) is 6.09. The van der Waals surface area contributed by atoms with Crippen molar-refractivity contribution in [2.45, 2.75) is 63.5 Å². The largest absolute Gasteiger partial charge is 0.368 e. The van der Waals surface area contributed by atoms with Crippen LogP contribution in [0, 0.1) is 0 Å². The normalized spacial score (nSPS) is 20.9. The fraction of sp³-hybridized carbons (Fsp3) is 0.929. The summed E-state index contributed by atoms with van der Waals surface area (Å²) in [4.78, 5) is 13.8. The summed E-state index contributed by atoms with van der Waals surface area (Å²) >= 11 is 0. The number of amides is 1. The fourth-order valence-corrected chi connectivity index (χ4v) is 2.76. The molecule has 1 aliphatic rings. The Bertz CT molecular complexity index is 264. The van der Waals surface area contributed by atoms with Gasteiger partial charge in [-0.15, -0.1) is 0 Å². The van der Waals surface area contributed by atoms with Crippen molar-refractivity contribution in [1.29, 1.82) is 0 Å². The molecule has 0 aromatic rings. The van der Waals surface area contributed by atoms with E-state index in [1.165, 1.54) is 32.1 Å². The Morgan fingerprint density at radius 1 is 1.39 bits per heavy atom. The first-order valence-corrected chi connectivity index (χ1v) is 7.18. The number of likely N-dealkylation sites (N-methyl/N-ethyl adjacent to an activating group) is 1. The summed E-state index contributed by atoms with van der Waals surface area (Å²) in [7, 11) is 4.01. The monoisotopic (exact) mass is 255 g/mol. The molecule has 3 N–H and O–H groups in total. The van der Waals surface area contributed by atoms with E-state index in [1.807, 2.05) is 6.92 Å². The minimum absolute atomic E-state index is 0.259. The van der Waals surface area contributed by atoms with E-state index in [2.05, 4.69) is 17.3 Å². The number of primary amides is 1. The maximum atomic E-state index is 11.4. The molecule has 106 valence electrons. The second-order valence-corrected chi connectivity index (χ2v) is 5.82. The van der Waals surface area contributed by atoms with Crippen LogP contribution in [0.25, 0.3) is 0 Å². The van der Waals surface area contributed by atoms with Crippen molar-refractivity contribution in [3.63, 3.8) is 0 Å². The maximum absolute atomic E-state index is 11.4. The molecule has 0 bridgehead atoms. The van der Waals surface area contributed by atoms with Crippen molar-refractivity contribution in [3.05, 3.63) is 0 Å². The summed E-state index contributed by atoms with van der Waals surface area (Å²) in [5.74, 6) is -0.259. The van der Waals surface area contributed by atoms with Crippen molar-refractivity contribution < 1.29 is 4.79 Å². The minimum Gasteiger partial charge on any atom is -0.368 e. The summed E-state index contributed by atoms with van der Waals surface area (Å²) in [6.45, 7) is 2.94. The molecule has 1 rings (SSSR count). The number of rotatable bonds is 7. The predicted molar refractivity (Wildman–Crippen MR) is 75.4 cm³/mol. The van der Waals surface area contributed by atoms with Crippen LogP contribution in [0.3, 0.4) is 0 Å². The third-order valence-electron chi connectivity index (χ3n) is 4.48. The summed E-state index contributed by atoms with van der Waals surface area (Å²) in [5.41, 5.74) is 4.86. The topological polar surface area (TPSA) is 58.4 Å². The van der Waals surface area contributed by atoms with Gasteiger partial charge in [-0.3, -0.25) is 4.79 Å². The summed E-state index contributed by atoms with van der Waals surface area (Å²) in [6, 6.07) is 0.744. The zero-order chi connectivity index (χ0) is 13.6. The highest BCUT2D eigenvalue weighted by Gasteiger charge is 2.28. The fourth-order valence-electron chi connectivity index (χ4n) is 2.76. The molecule has 0 heterocycles. The van der Waals surface area contributed by atoms with E-state index in [0.717, 1.165) is 25.4 Å². The van der Waals surface area contributed by atoms with E-state index in [1.54, 1.807) is 7.05 Å². The molecule has 0 saturated heterocycles. The molecule has 1 atom stereocenters. The van der Waals surface area contributed by atoms with E-state index < -0.39 is 5.54 Å². The molecular weight excluding hydrogens is 226 g/mol. The SMILES string of the molecule is CNC(C)(CCCN(C)C1CCCCC1)C(N)=O. The van der Waals surface area contributed by atoms with Gasteiger partial charge in [0.2, 0.25) is 5.91 Å². The lowest BCUT2D eigenvalue weighted by Gasteiger charge is -2.32. The lowest BCUT2D eigenvalue weighted by atomic mass is 9.93. The Hall–Kier alpha value is -0.610. The Morgan fingerprint density at radius 2 is 2.00 bits per heavy atom. The van der Waals surface area contributed by atoms with Gasteiger partial charge in [0.15, 0.2) is 0 Å². The first-order valence-electron chi connectivity index (χ1n) is 7.18. The number of nitrogens with zero attached hydrogens (tertiary/aromatic N) is 1. The third-order valence-corrected chi connectivity index (χ3v) is 4.48. The zero-order valence-corrected chi connectivity index (χ0v) is 12.2. The van der Waals surface area contributed by atoms with Gasteiger partial charge in [-0.1, -0.05) is 19.3 Å². The van der Waals surface area contributed by atoms with E-state index >= 15 is 0 Å². The van der Waals surface area contributed by atoms with E-state index in [4.69, 9.17) is 5.73 Å². The highest BCUT2D eigenvalue weighted by atomic mass is 16.1. The van der Waals surface area contributed by atoms with E-state index in [9.17, 15) is 4.79 Å². The number of carbonyl (C=O) groups excluding carboxylic acids is 1. The van der Waals surface area contributed by atoms with Gasteiger partial charge in [0.05, 0.1) is 5.54 Å². The molecular formula is C14H29N3O.